The molecule has 37 valence electrons. The molecule has 0 aromatic carbocycles. The van der Waals surface area contributed by atoms with Crippen LogP contribution in [0, 0.1) is 5.50 Å². The fraction of sp³-hybridized carbons (Fsp3) is 0. The minimum absolute atomic E-state index is 0.669. The Bertz CT molecular complexity index is 107. The normalized spacial score (nSPS) is 19.6. The third-order valence-corrected chi connectivity index (χ3v) is 0.906. The number of hydrogen-bond donors (Lipinski definition) is 1. The standard InChI is InChI=1S/C5H5ClN/c6-5-3-1-2-4-7-5/h1-4,7H. The maximum absolute atomic E-state index is 5.48. The van der Waals surface area contributed by atoms with Crippen LogP contribution in [0.5, 0.6) is 0 Å². The second-order valence-corrected chi connectivity index (χ2v) is 1.62. The van der Waals surface area contributed by atoms with Gasteiger partial charge in [-0.25, -0.2) is 0 Å². The van der Waals surface area contributed by atoms with E-state index in [1.807, 2.05) is 12.2 Å². The largest absolute Gasteiger partial charge is 0.366 e. The Hall–Kier alpha value is -0.430. The van der Waals surface area contributed by atoms with Gasteiger partial charge in [0.15, 0.2) is 5.50 Å². The molecule has 7 heavy (non-hydrogen) atoms. The van der Waals surface area contributed by atoms with Crippen molar-refractivity contribution in [3.63, 3.8) is 0 Å². The van der Waals surface area contributed by atoms with Crippen molar-refractivity contribution in [2.45, 2.75) is 0 Å². The molecule has 0 aromatic rings. The van der Waals surface area contributed by atoms with E-state index in [4.69, 9.17) is 11.6 Å². The number of nitrogens with one attached hydrogen (secondary N) is 1. The van der Waals surface area contributed by atoms with Crippen molar-refractivity contribution in [3.8, 4) is 0 Å². The van der Waals surface area contributed by atoms with Gasteiger partial charge < -0.3 is 5.32 Å². The van der Waals surface area contributed by atoms with Crippen molar-refractivity contribution >= 4 is 11.6 Å². The van der Waals surface area contributed by atoms with Crippen molar-refractivity contribution in [3.05, 3.63) is 29.9 Å². The number of dihydropyridines is 1. The highest BCUT2D eigenvalue weighted by atomic mass is 35.5. The average molecular weight is 115 g/mol. The maximum atomic E-state index is 5.48. The van der Waals surface area contributed by atoms with Gasteiger partial charge >= 0.3 is 0 Å². The molecule has 2 heteroatoms. The molecule has 0 amide bonds. The van der Waals surface area contributed by atoms with Crippen LogP contribution in [0.1, 0.15) is 0 Å². The van der Waals surface area contributed by atoms with Gasteiger partial charge in [0, 0.05) is 0 Å². The molecule has 0 fully saturated rings. The van der Waals surface area contributed by atoms with Crippen LogP contribution in [0.15, 0.2) is 24.4 Å². The second-order valence-electron chi connectivity index (χ2n) is 1.21. The lowest BCUT2D eigenvalue weighted by molar-refractivity contribution is 1.05. The summed E-state index contributed by atoms with van der Waals surface area (Å²) < 4.78 is 0. The zero-order chi connectivity index (χ0) is 5.11. The Morgan fingerprint density at radius 3 is 2.57 bits per heavy atom. The SMILES string of the molecule is Cl[C]1C=CC=CN1. The van der Waals surface area contributed by atoms with E-state index in [1.165, 1.54) is 0 Å². The van der Waals surface area contributed by atoms with Gasteiger partial charge in [0.2, 0.25) is 0 Å². The topological polar surface area (TPSA) is 12.0 Å². The number of hydrogen-bond acceptors (Lipinski definition) is 1. The van der Waals surface area contributed by atoms with Gasteiger partial charge in [0.25, 0.3) is 0 Å². The minimum atomic E-state index is 0.669. The lowest BCUT2D eigenvalue weighted by Gasteiger charge is -2.02. The first-order valence-corrected chi connectivity index (χ1v) is 2.39. The van der Waals surface area contributed by atoms with Gasteiger partial charge in [-0.05, 0) is 18.4 Å². The van der Waals surface area contributed by atoms with Crippen molar-refractivity contribution < 1.29 is 0 Å². The molecule has 0 saturated carbocycles. The van der Waals surface area contributed by atoms with E-state index in [2.05, 4.69) is 5.32 Å². The number of rotatable bonds is 0. The Morgan fingerprint density at radius 2 is 2.29 bits per heavy atom. The first kappa shape index (κ1) is 4.72. The van der Waals surface area contributed by atoms with Crippen LogP contribution in [-0.4, -0.2) is 0 Å². The summed E-state index contributed by atoms with van der Waals surface area (Å²) in [7, 11) is 0. The van der Waals surface area contributed by atoms with Crippen molar-refractivity contribution in [1.29, 1.82) is 0 Å². The smallest absolute Gasteiger partial charge is 0.172 e. The molecule has 0 spiro atoms. The molecular formula is C5H5ClN. The second kappa shape index (κ2) is 2.03. The number of halogens is 1. The Morgan fingerprint density at radius 1 is 1.43 bits per heavy atom. The van der Waals surface area contributed by atoms with Crippen LogP contribution in [0.25, 0.3) is 0 Å². The average Bonchev–Trinajstić information content (AvgIpc) is 1.69. The predicted molar refractivity (Wildman–Crippen MR) is 30.5 cm³/mol. The Kier molecular flexibility index (Phi) is 1.37. The molecule has 1 N–H and O–H groups in total. The highest BCUT2D eigenvalue weighted by Gasteiger charge is 1.95. The highest BCUT2D eigenvalue weighted by molar-refractivity contribution is 6.28. The molecule has 0 aromatic heterocycles. The number of allylic oxidation sites excluding steroid dienone is 2. The third kappa shape index (κ3) is 1.24. The van der Waals surface area contributed by atoms with Gasteiger partial charge in [0.05, 0.1) is 0 Å². The lowest BCUT2D eigenvalue weighted by atomic mass is 10.4. The van der Waals surface area contributed by atoms with Crippen LogP contribution in [-0.2, 0) is 0 Å². The van der Waals surface area contributed by atoms with Crippen LogP contribution >= 0.6 is 11.6 Å². The van der Waals surface area contributed by atoms with E-state index in [9.17, 15) is 0 Å². The summed E-state index contributed by atoms with van der Waals surface area (Å²) in [4.78, 5) is 0. The minimum Gasteiger partial charge on any atom is -0.366 e. The zero-order valence-corrected chi connectivity index (χ0v) is 4.44. The summed E-state index contributed by atoms with van der Waals surface area (Å²) in [5, 5.41) is 2.80. The molecule has 0 saturated heterocycles. The molecule has 1 aliphatic rings. The van der Waals surface area contributed by atoms with Gasteiger partial charge in [0.1, 0.15) is 0 Å². The van der Waals surface area contributed by atoms with E-state index in [-0.39, 0.29) is 0 Å². The molecule has 1 nitrogen and oxygen atoms in total. The van der Waals surface area contributed by atoms with Gasteiger partial charge in [-0.15, -0.1) is 0 Å². The molecule has 1 rings (SSSR count). The first-order valence-electron chi connectivity index (χ1n) is 2.02. The monoisotopic (exact) mass is 114 g/mol. The van der Waals surface area contributed by atoms with Crippen molar-refractivity contribution in [2.75, 3.05) is 0 Å². The fourth-order valence-electron chi connectivity index (χ4n) is 0.371. The van der Waals surface area contributed by atoms with Crippen LogP contribution in [0.2, 0.25) is 0 Å². The third-order valence-electron chi connectivity index (χ3n) is 0.671. The van der Waals surface area contributed by atoms with Crippen molar-refractivity contribution in [1.82, 2.24) is 5.32 Å². The Balaban J connectivity index is 2.49. The van der Waals surface area contributed by atoms with Crippen LogP contribution < -0.4 is 5.32 Å². The molecule has 1 heterocycles. The van der Waals surface area contributed by atoms with Gasteiger partial charge in [-0.2, -0.15) is 0 Å². The molecule has 0 aliphatic carbocycles. The summed E-state index contributed by atoms with van der Waals surface area (Å²) in [5.74, 6) is 0. The zero-order valence-electron chi connectivity index (χ0n) is 3.69. The lowest BCUT2D eigenvalue weighted by Crippen LogP contribution is -2.07. The van der Waals surface area contributed by atoms with Gasteiger partial charge in [-0.1, -0.05) is 17.7 Å². The summed E-state index contributed by atoms with van der Waals surface area (Å²) in [6.45, 7) is 0. The summed E-state index contributed by atoms with van der Waals surface area (Å²) in [6, 6.07) is 0. The van der Waals surface area contributed by atoms with E-state index in [1.54, 1.807) is 12.3 Å². The summed E-state index contributed by atoms with van der Waals surface area (Å²) >= 11 is 5.48. The summed E-state index contributed by atoms with van der Waals surface area (Å²) in [6.07, 6.45) is 7.33. The molecule has 0 atom stereocenters. The van der Waals surface area contributed by atoms with E-state index in [0.29, 0.717) is 5.50 Å². The van der Waals surface area contributed by atoms with E-state index in [0.717, 1.165) is 0 Å². The maximum Gasteiger partial charge on any atom is 0.172 e. The molecule has 1 radical (unpaired) electrons. The van der Waals surface area contributed by atoms with Crippen LogP contribution in [0.3, 0.4) is 0 Å². The van der Waals surface area contributed by atoms with Gasteiger partial charge in [-0.3, -0.25) is 0 Å². The van der Waals surface area contributed by atoms with E-state index >= 15 is 0 Å². The quantitative estimate of drug-likeness (QED) is 0.470. The molecule has 1 aliphatic heterocycles. The predicted octanol–water partition coefficient (Wildman–Crippen LogP) is 1.39. The van der Waals surface area contributed by atoms with E-state index < -0.39 is 0 Å². The fourth-order valence-corrected chi connectivity index (χ4v) is 0.507. The molecular weight excluding hydrogens is 110 g/mol. The molecule has 0 unspecified atom stereocenters. The first-order chi connectivity index (χ1) is 3.39. The Labute approximate surface area is 47.7 Å². The van der Waals surface area contributed by atoms with Crippen molar-refractivity contribution in [2.24, 2.45) is 0 Å². The highest BCUT2D eigenvalue weighted by Crippen LogP contribution is 2.05. The summed E-state index contributed by atoms with van der Waals surface area (Å²) in [5.41, 5.74) is 0.669. The molecule has 0 bridgehead atoms. The van der Waals surface area contributed by atoms with Crippen LogP contribution in [0.4, 0.5) is 0 Å².